The number of carbonyl (C=O) groups is 2. The van der Waals surface area contributed by atoms with Crippen LogP contribution in [0.2, 0.25) is 0 Å². The lowest BCUT2D eigenvalue weighted by Gasteiger charge is -2.05. The van der Waals surface area contributed by atoms with E-state index in [2.05, 4.69) is 15.0 Å². The van der Waals surface area contributed by atoms with Crippen LogP contribution in [0.4, 0.5) is 0 Å². The van der Waals surface area contributed by atoms with Gasteiger partial charge in [-0.2, -0.15) is 0 Å². The molecule has 1 N–H and O–H groups in total. The zero-order valence-electron chi connectivity index (χ0n) is 10.1. The number of carboxylic acid groups (broad SMARTS) is 1. The Kier molecular flexibility index (Phi) is 3.56. The summed E-state index contributed by atoms with van der Waals surface area (Å²) in [5.41, 5.74) is 1.49. The maximum atomic E-state index is 11.3. The predicted molar refractivity (Wildman–Crippen MR) is 64.0 cm³/mol. The Morgan fingerprint density at radius 2 is 2.00 bits per heavy atom. The number of aliphatic carboxylic acids is 1. The maximum absolute atomic E-state index is 11.3. The highest BCUT2D eigenvalue weighted by atomic mass is 16.5. The number of benzene rings is 1. The van der Waals surface area contributed by atoms with Crippen LogP contribution in [0, 0.1) is 0 Å². The fourth-order valence-corrected chi connectivity index (χ4v) is 1.61. The summed E-state index contributed by atoms with van der Waals surface area (Å²) in [4.78, 5) is 22.0. The number of esters is 1. The number of carboxylic acids is 1. The van der Waals surface area contributed by atoms with Crippen LogP contribution in [0.3, 0.4) is 0 Å². The van der Waals surface area contributed by atoms with E-state index in [-0.39, 0.29) is 6.42 Å². The van der Waals surface area contributed by atoms with E-state index >= 15 is 0 Å². The zero-order valence-corrected chi connectivity index (χ0v) is 10.1. The highest BCUT2D eigenvalue weighted by Gasteiger charge is 2.11. The molecule has 1 aromatic heterocycles. The predicted octanol–water partition coefficient (Wildman–Crippen LogP) is 0.681. The van der Waals surface area contributed by atoms with E-state index in [0.717, 1.165) is 0 Å². The number of hydrogen-bond acceptors (Lipinski definition) is 5. The van der Waals surface area contributed by atoms with Crippen LogP contribution in [0.15, 0.2) is 30.5 Å². The van der Waals surface area contributed by atoms with Gasteiger partial charge in [-0.1, -0.05) is 5.21 Å². The van der Waals surface area contributed by atoms with Gasteiger partial charge in [-0.05, 0) is 24.3 Å². The van der Waals surface area contributed by atoms with Crippen LogP contribution in [0.1, 0.15) is 16.1 Å². The number of ether oxygens (including phenoxy) is 1. The third-order valence-corrected chi connectivity index (χ3v) is 2.49. The molecule has 0 radical (unpaired) electrons. The number of carbonyl (C=O) groups excluding carboxylic acids is 1. The summed E-state index contributed by atoms with van der Waals surface area (Å²) in [6.07, 6.45) is 1.22. The minimum atomic E-state index is -0.963. The van der Waals surface area contributed by atoms with E-state index < -0.39 is 11.9 Å². The van der Waals surface area contributed by atoms with Crippen molar-refractivity contribution >= 4 is 11.9 Å². The minimum absolute atomic E-state index is 0.175. The number of rotatable bonds is 4. The molecule has 0 spiro atoms. The van der Waals surface area contributed by atoms with Gasteiger partial charge in [-0.25, -0.2) is 9.48 Å². The third-order valence-electron chi connectivity index (χ3n) is 2.49. The quantitative estimate of drug-likeness (QED) is 0.813. The fraction of sp³-hybridized carbons (Fsp3) is 0.167. The van der Waals surface area contributed by atoms with E-state index in [4.69, 9.17) is 5.11 Å². The SMILES string of the molecule is COC(=O)c1ccc(-n2nncc2CC(=O)O)cc1. The second-order valence-electron chi connectivity index (χ2n) is 3.75. The molecular formula is C12H11N3O4. The standard InChI is InChI=1S/C12H11N3O4/c1-19-12(18)8-2-4-9(5-3-8)15-10(6-11(16)17)7-13-14-15/h2-5,7H,6H2,1H3,(H,16,17). The van der Waals surface area contributed by atoms with Crippen molar-refractivity contribution in [2.45, 2.75) is 6.42 Å². The molecule has 0 atom stereocenters. The lowest BCUT2D eigenvalue weighted by atomic mass is 10.2. The molecule has 2 aromatic rings. The molecular weight excluding hydrogens is 250 g/mol. The second kappa shape index (κ2) is 5.30. The molecule has 98 valence electrons. The molecule has 1 heterocycles. The summed E-state index contributed by atoms with van der Waals surface area (Å²) >= 11 is 0. The summed E-state index contributed by atoms with van der Waals surface area (Å²) in [7, 11) is 1.30. The first-order chi connectivity index (χ1) is 9.11. The van der Waals surface area contributed by atoms with Gasteiger partial charge in [0.25, 0.3) is 0 Å². The smallest absolute Gasteiger partial charge is 0.337 e. The Bertz CT molecular complexity index is 604. The molecule has 0 aliphatic heterocycles. The first-order valence-corrected chi connectivity index (χ1v) is 5.42. The van der Waals surface area contributed by atoms with Gasteiger partial charge in [0.1, 0.15) is 0 Å². The fourth-order valence-electron chi connectivity index (χ4n) is 1.61. The average molecular weight is 261 g/mol. The summed E-state index contributed by atoms with van der Waals surface area (Å²) in [6, 6.07) is 6.44. The molecule has 0 saturated carbocycles. The average Bonchev–Trinajstić information content (AvgIpc) is 2.85. The monoisotopic (exact) mass is 261 g/mol. The molecule has 0 aliphatic carbocycles. The summed E-state index contributed by atoms with van der Waals surface area (Å²) in [6.45, 7) is 0. The Morgan fingerprint density at radius 3 is 2.58 bits per heavy atom. The number of nitrogens with zero attached hydrogens (tertiary/aromatic N) is 3. The summed E-state index contributed by atoms with van der Waals surface area (Å²) < 4.78 is 6.00. The van der Waals surface area contributed by atoms with Crippen molar-refractivity contribution in [1.82, 2.24) is 15.0 Å². The summed E-state index contributed by atoms with van der Waals surface area (Å²) in [5, 5.41) is 16.3. The van der Waals surface area contributed by atoms with E-state index in [1.165, 1.54) is 18.0 Å². The van der Waals surface area contributed by atoms with Crippen LogP contribution in [0.5, 0.6) is 0 Å². The molecule has 19 heavy (non-hydrogen) atoms. The topological polar surface area (TPSA) is 94.3 Å². The molecule has 2 rings (SSSR count). The van der Waals surface area contributed by atoms with Gasteiger partial charge >= 0.3 is 11.9 Å². The molecule has 0 amide bonds. The molecule has 0 saturated heterocycles. The van der Waals surface area contributed by atoms with Gasteiger partial charge in [0.05, 0.1) is 36.7 Å². The van der Waals surface area contributed by atoms with Gasteiger partial charge in [0, 0.05) is 0 Å². The summed E-state index contributed by atoms with van der Waals surface area (Å²) in [5.74, 6) is -1.40. The largest absolute Gasteiger partial charge is 0.481 e. The molecule has 1 aromatic carbocycles. The van der Waals surface area contributed by atoms with Crippen molar-refractivity contribution in [2.75, 3.05) is 7.11 Å². The number of hydrogen-bond donors (Lipinski definition) is 1. The molecule has 0 aliphatic rings. The second-order valence-corrected chi connectivity index (χ2v) is 3.75. The zero-order chi connectivity index (χ0) is 13.8. The first kappa shape index (κ1) is 12.7. The Morgan fingerprint density at radius 1 is 1.32 bits per heavy atom. The lowest BCUT2D eigenvalue weighted by molar-refractivity contribution is -0.136. The highest BCUT2D eigenvalue weighted by Crippen LogP contribution is 2.12. The number of methoxy groups -OCH3 is 1. The van der Waals surface area contributed by atoms with Crippen molar-refractivity contribution in [3.63, 3.8) is 0 Å². The van der Waals surface area contributed by atoms with Gasteiger partial charge in [-0.15, -0.1) is 5.10 Å². The van der Waals surface area contributed by atoms with E-state index in [1.807, 2.05) is 0 Å². The number of aromatic nitrogens is 3. The maximum Gasteiger partial charge on any atom is 0.337 e. The lowest BCUT2D eigenvalue weighted by Crippen LogP contribution is -2.08. The molecule has 0 unspecified atom stereocenters. The van der Waals surface area contributed by atoms with E-state index in [1.54, 1.807) is 24.3 Å². The van der Waals surface area contributed by atoms with Gasteiger partial charge in [0.15, 0.2) is 0 Å². The molecule has 0 fully saturated rings. The first-order valence-electron chi connectivity index (χ1n) is 5.42. The Hall–Kier alpha value is -2.70. The van der Waals surface area contributed by atoms with Crippen LogP contribution >= 0.6 is 0 Å². The van der Waals surface area contributed by atoms with Crippen LogP contribution in [-0.2, 0) is 16.0 Å². The Balaban J connectivity index is 2.30. The van der Waals surface area contributed by atoms with Crippen molar-refractivity contribution in [2.24, 2.45) is 0 Å². The van der Waals surface area contributed by atoms with E-state index in [0.29, 0.717) is 16.9 Å². The van der Waals surface area contributed by atoms with E-state index in [9.17, 15) is 9.59 Å². The van der Waals surface area contributed by atoms with Crippen molar-refractivity contribution in [3.05, 3.63) is 41.7 Å². The molecule has 7 heteroatoms. The van der Waals surface area contributed by atoms with Crippen molar-refractivity contribution < 1.29 is 19.4 Å². The third kappa shape index (κ3) is 2.76. The van der Waals surface area contributed by atoms with Gasteiger partial charge in [0.2, 0.25) is 0 Å². The highest BCUT2D eigenvalue weighted by molar-refractivity contribution is 5.89. The van der Waals surface area contributed by atoms with Crippen LogP contribution in [0.25, 0.3) is 5.69 Å². The van der Waals surface area contributed by atoms with Gasteiger partial charge < -0.3 is 9.84 Å². The molecule has 7 nitrogen and oxygen atoms in total. The van der Waals surface area contributed by atoms with Crippen LogP contribution in [-0.4, -0.2) is 39.1 Å². The normalized spacial score (nSPS) is 10.2. The Labute approximate surface area is 108 Å². The molecule has 0 bridgehead atoms. The van der Waals surface area contributed by atoms with Gasteiger partial charge in [-0.3, -0.25) is 4.79 Å². The van der Waals surface area contributed by atoms with Crippen LogP contribution < -0.4 is 0 Å². The van der Waals surface area contributed by atoms with Crippen molar-refractivity contribution in [3.8, 4) is 5.69 Å². The minimum Gasteiger partial charge on any atom is -0.481 e. The van der Waals surface area contributed by atoms with Crippen molar-refractivity contribution in [1.29, 1.82) is 0 Å².